The summed E-state index contributed by atoms with van der Waals surface area (Å²) in [5.74, 6) is -1.46. The Morgan fingerprint density at radius 2 is 2.06 bits per heavy atom. The highest BCUT2D eigenvalue weighted by molar-refractivity contribution is 5.69. The Bertz CT molecular complexity index is 421. The summed E-state index contributed by atoms with van der Waals surface area (Å²) in [7, 11) is 1.25. The first kappa shape index (κ1) is 13.6. The first-order chi connectivity index (χ1) is 7.93. The molecule has 0 bridgehead atoms. The lowest BCUT2D eigenvalue weighted by molar-refractivity contribution is -0.140. The highest BCUT2D eigenvalue weighted by Gasteiger charge is 2.14. The van der Waals surface area contributed by atoms with Crippen molar-refractivity contribution < 1.29 is 18.3 Å². The summed E-state index contributed by atoms with van der Waals surface area (Å²) in [6.07, 6.45) is 0.0730. The van der Waals surface area contributed by atoms with Gasteiger partial charge in [-0.25, -0.2) is 8.78 Å². The van der Waals surface area contributed by atoms with Gasteiger partial charge in [0, 0.05) is 6.04 Å². The molecule has 0 spiro atoms. The SMILES string of the molecule is COC(=O)CC(N)Cc1cc(F)c(C)cc1F. The minimum absolute atomic E-state index is 0.0224. The molecule has 3 nitrogen and oxygen atoms in total. The van der Waals surface area contributed by atoms with Crippen LogP contribution in [0.15, 0.2) is 12.1 Å². The number of ether oxygens (including phenoxy) is 1. The average molecular weight is 243 g/mol. The number of benzene rings is 1. The highest BCUT2D eigenvalue weighted by atomic mass is 19.1. The van der Waals surface area contributed by atoms with E-state index in [-0.39, 0.29) is 24.0 Å². The number of aryl methyl sites for hydroxylation is 1. The van der Waals surface area contributed by atoms with Gasteiger partial charge in [0.05, 0.1) is 13.5 Å². The lowest BCUT2D eigenvalue weighted by Gasteiger charge is -2.11. The fourth-order valence-electron chi connectivity index (χ4n) is 1.50. The molecule has 1 unspecified atom stereocenters. The van der Waals surface area contributed by atoms with Gasteiger partial charge in [-0.05, 0) is 36.6 Å². The predicted octanol–water partition coefficient (Wildman–Crippen LogP) is 1.71. The number of hydrogen-bond acceptors (Lipinski definition) is 3. The first-order valence-corrected chi connectivity index (χ1v) is 5.21. The molecule has 5 heteroatoms. The molecule has 17 heavy (non-hydrogen) atoms. The van der Waals surface area contributed by atoms with Crippen LogP contribution < -0.4 is 5.73 Å². The maximum atomic E-state index is 13.5. The van der Waals surface area contributed by atoms with E-state index in [4.69, 9.17) is 5.73 Å². The van der Waals surface area contributed by atoms with E-state index in [1.165, 1.54) is 14.0 Å². The molecule has 2 N–H and O–H groups in total. The summed E-state index contributed by atoms with van der Waals surface area (Å²) in [5.41, 5.74) is 6.06. The minimum atomic E-state index is -0.584. The number of nitrogens with two attached hydrogens (primary N) is 1. The van der Waals surface area contributed by atoms with Gasteiger partial charge in [-0.1, -0.05) is 0 Å². The number of carbonyl (C=O) groups excluding carboxylic acids is 1. The average Bonchev–Trinajstić information content (AvgIpc) is 2.25. The van der Waals surface area contributed by atoms with Crippen LogP contribution in [0, 0.1) is 18.6 Å². The van der Waals surface area contributed by atoms with Crippen molar-refractivity contribution in [2.45, 2.75) is 25.8 Å². The molecule has 94 valence electrons. The summed E-state index contributed by atoms with van der Waals surface area (Å²) in [5, 5.41) is 0. The fraction of sp³-hybridized carbons (Fsp3) is 0.417. The fourth-order valence-corrected chi connectivity index (χ4v) is 1.50. The molecule has 1 atom stereocenters. The van der Waals surface area contributed by atoms with Gasteiger partial charge in [0.15, 0.2) is 0 Å². The maximum Gasteiger partial charge on any atom is 0.307 e. The van der Waals surface area contributed by atoms with Crippen molar-refractivity contribution in [3.05, 3.63) is 34.9 Å². The zero-order valence-corrected chi connectivity index (χ0v) is 9.80. The molecule has 0 saturated carbocycles. The van der Waals surface area contributed by atoms with Crippen LogP contribution in [-0.4, -0.2) is 19.1 Å². The molecule has 0 radical (unpaired) electrons. The van der Waals surface area contributed by atoms with E-state index in [9.17, 15) is 13.6 Å². The third-order valence-corrected chi connectivity index (χ3v) is 2.47. The van der Waals surface area contributed by atoms with E-state index in [2.05, 4.69) is 4.74 Å². The second-order valence-corrected chi connectivity index (χ2v) is 3.94. The molecule has 0 fully saturated rings. The van der Waals surface area contributed by atoms with Crippen LogP contribution in [-0.2, 0) is 16.0 Å². The Morgan fingerprint density at radius 1 is 1.41 bits per heavy atom. The molecular weight excluding hydrogens is 228 g/mol. The second kappa shape index (κ2) is 5.72. The monoisotopic (exact) mass is 243 g/mol. The van der Waals surface area contributed by atoms with Crippen LogP contribution >= 0.6 is 0 Å². The number of hydrogen-bond donors (Lipinski definition) is 1. The van der Waals surface area contributed by atoms with Crippen LogP contribution in [0.25, 0.3) is 0 Å². The van der Waals surface area contributed by atoms with Crippen LogP contribution in [0.4, 0.5) is 8.78 Å². The maximum absolute atomic E-state index is 13.5. The summed E-state index contributed by atoms with van der Waals surface area (Å²) >= 11 is 0. The van der Waals surface area contributed by atoms with Crippen LogP contribution in [0.3, 0.4) is 0 Å². The van der Waals surface area contributed by atoms with Gasteiger partial charge in [0.2, 0.25) is 0 Å². The number of methoxy groups -OCH3 is 1. The van der Waals surface area contributed by atoms with Gasteiger partial charge in [-0.15, -0.1) is 0 Å². The van der Waals surface area contributed by atoms with E-state index in [1.807, 2.05) is 0 Å². The Labute approximate surface area is 98.6 Å². The molecule has 0 aliphatic heterocycles. The number of halogens is 2. The second-order valence-electron chi connectivity index (χ2n) is 3.94. The highest BCUT2D eigenvalue weighted by Crippen LogP contribution is 2.16. The Kier molecular flexibility index (Phi) is 4.57. The summed E-state index contributed by atoms with van der Waals surface area (Å²) in [4.78, 5) is 10.9. The number of esters is 1. The summed E-state index contributed by atoms with van der Waals surface area (Å²) in [6, 6.07) is 1.65. The van der Waals surface area contributed by atoms with E-state index < -0.39 is 23.6 Å². The topological polar surface area (TPSA) is 52.3 Å². The minimum Gasteiger partial charge on any atom is -0.469 e. The first-order valence-electron chi connectivity index (χ1n) is 5.21. The van der Waals surface area contributed by atoms with Gasteiger partial charge < -0.3 is 10.5 Å². The molecule has 0 aliphatic carbocycles. The third kappa shape index (κ3) is 3.78. The van der Waals surface area contributed by atoms with E-state index in [1.54, 1.807) is 0 Å². The van der Waals surface area contributed by atoms with Gasteiger partial charge >= 0.3 is 5.97 Å². The van der Waals surface area contributed by atoms with Crippen molar-refractivity contribution in [2.24, 2.45) is 5.73 Å². The molecule has 0 saturated heterocycles. The van der Waals surface area contributed by atoms with Crippen molar-refractivity contribution in [1.82, 2.24) is 0 Å². The van der Waals surface area contributed by atoms with Crippen molar-refractivity contribution in [1.29, 1.82) is 0 Å². The standard InChI is InChI=1S/C12H15F2NO2/c1-7-3-11(14)8(5-10(7)13)4-9(15)6-12(16)17-2/h3,5,9H,4,6,15H2,1-2H3. The molecule has 1 aromatic carbocycles. The number of rotatable bonds is 4. The number of carbonyl (C=O) groups is 1. The summed E-state index contributed by atoms with van der Waals surface area (Å²) < 4.78 is 31.2. The van der Waals surface area contributed by atoms with Crippen molar-refractivity contribution in [2.75, 3.05) is 7.11 Å². The van der Waals surface area contributed by atoms with Gasteiger partial charge in [-0.2, -0.15) is 0 Å². The van der Waals surface area contributed by atoms with Gasteiger partial charge in [0.1, 0.15) is 11.6 Å². The molecule has 0 aliphatic rings. The third-order valence-electron chi connectivity index (χ3n) is 2.47. The molecule has 0 amide bonds. The normalized spacial score (nSPS) is 12.3. The van der Waals surface area contributed by atoms with Gasteiger partial charge in [-0.3, -0.25) is 4.79 Å². The Hall–Kier alpha value is -1.49. The predicted molar refractivity (Wildman–Crippen MR) is 59.4 cm³/mol. The lowest BCUT2D eigenvalue weighted by Crippen LogP contribution is -2.27. The Morgan fingerprint density at radius 3 is 2.65 bits per heavy atom. The molecule has 0 heterocycles. The van der Waals surface area contributed by atoms with E-state index >= 15 is 0 Å². The van der Waals surface area contributed by atoms with Crippen molar-refractivity contribution in [3.63, 3.8) is 0 Å². The van der Waals surface area contributed by atoms with Crippen LogP contribution in [0.1, 0.15) is 17.5 Å². The van der Waals surface area contributed by atoms with Crippen LogP contribution in [0.5, 0.6) is 0 Å². The molecule has 1 rings (SSSR count). The lowest BCUT2D eigenvalue weighted by atomic mass is 10.0. The van der Waals surface area contributed by atoms with Crippen molar-refractivity contribution in [3.8, 4) is 0 Å². The smallest absolute Gasteiger partial charge is 0.307 e. The molecule has 1 aromatic rings. The van der Waals surface area contributed by atoms with Crippen LogP contribution in [0.2, 0.25) is 0 Å². The zero-order chi connectivity index (χ0) is 13.0. The molecular formula is C12H15F2NO2. The van der Waals surface area contributed by atoms with Crippen molar-refractivity contribution >= 4 is 5.97 Å². The van der Waals surface area contributed by atoms with Gasteiger partial charge in [0.25, 0.3) is 0 Å². The molecule has 0 aromatic heterocycles. The largest absolute Gasteiger partial charge is 0.469 e. The van der Waals surface area contributed by atoms with E-state index in [0.717, 1.165) is 12.1 Å². The zero-order valence-electron chi connectivity index (χ0n) is 9.80. The Balaban J connectivity index is 2.74. The quantitative estimate of drug-likeness (QED) is 0.819. The summed E-state index contributed by atoms with van der Waals surface area (Å²) in [6.45, 7) is 1.48. The van der Waals surface area contributed by atoms with E-state index in [0.29, 0.717) is 0 Å².